The van der Waals surface area contributed by atoms with Crippen molar-refractivity contribution in [2.24, 2.45) is 0 Å². The monoisotopic (exact) mass is 285 g/mol. The van der Waals surface area contributed by atoms with E-state index in [0.717, 1.165) is 18.4 Å². The number of rotatable bonds is 4. The number of aliphatic hydroxyl groups is 1. The van der Waals surface area contributed by atoms with E-state index in [9.17, 15) is 9.90 Å². The van der Waals surface area contributed by atoms with Gasteiger partial charge in [0.2, 0.25) is 0 Å². The van der Waals surface area contributed by atoms with E-state index in [1.54, 1.807) is 6.20 Å². The highest BCUT2D eigenvalue weighted by molar-refractivity contribution is 5.97. The molecule has 0 spiro atoms. The van der Waals surface area contributed by atoms with E-state index < -0.39 is 5.60 Å². The lowest BCUT2D eigenvalue weighted by atomic mass is 10.0. The molecule has 0 radical (unpaired) electrons. The molecule has 1 fully saturated rings. The molecule has 2 aromatic rings. The van der Waals surface area contributed by atoms with Gasteiger partial charge in [0.1, 0.15) is 5.60 Å². The van der Waals surface area contributed by atoms with Gasteiger partial charge in [0.15, 0.2) is 0 Å². The zero-order valence-corrected chi connectivity index (χ0v) is 11.8. The molecule has 1 aliphatic carbocycles. The maximum Gasteiger partial charge on any atom is 0.256 e. The van der Waals surface area contributed by atoms with Gasteiger partial charge >= 0.3 is 0 Å². The lowest BCUT2D eigenvalue weighted by molar-refractivity contribution is -0.133. The number of nitrogens with zero attached hydrogens (tertiary/aromatic N) is 2. The van der Waals surface area contributed by atoms with Crippen LogP contribution in [-0.4, -0.2) is 26.4 Å². The third kappa shape index (κ3) is 3.13. The lowest BCUT2D eigenvalue weighted by Gasteiger charge is -2.21. The standard InChI is InChI=1S/C16H19N3O2/c20-15(16(21)7-1-2-8-16)18-14-6-3-5-13(11-14)12-19-10-4-9-17-19/h3-6,9-11,21H,1-2,7-8,12H2,(H,18,20). The van der Waals surface area contributed by atoms with Gasteiger partial charge in [-0.3, -0.25) is 9.48 Å². The molecule has 1 heterocycles. The second-order valence-electron chi connectivity index (χ2n) is 5.60. The van der Waals surface area contributed by atoms with Crippen LogP contribution in [0.3, 0.4) is 0 Å². The highest BCUT2D eigenvalue weighted by Gasteiger charge is 2.38. The third-order valence-electron chi connectivity index (χ3n) is 3.94. The highest BCUT2D eigenvalue weighted by atomic mass is 16.3. The number of carbonyl (C=O) groups is 1. The normalized spacial score (nSPS) is 16.8. The number of benzene rings is 1. The van der Waals surface area contributed by atoms with Crippen molar-refractivity contribution in [3.05, 3.63) is 48.3 Å². The first-order chi connectivity index (χ1) is 10.2. The summed E-state index contributed by atoms with van der Waals surface area (Å²) >= 11 is 0. The molecule has 5 nitrogen and oxygen atoms in total. The Balaban J connectivity index is 1.69. The summed E-state index contributed by atoms with van der Waals surface area (Å²) in [6, 6.07) is 9.51. The molecule has 0 saturated heterocycles. The predicted octanol–water partition coefficient (Wildman–Crippen LogP) is 2.17. The number of anilines is 1. The van der Waals surface area contributed by atoms with E-state index in [-0.39, 0.29) is 5.91 Å². The Bertz CT molecular complexity index is 616. The minimum Gasteiger partial charge on any atom is -0.380 e. The maximum absolute atomic E-state index is 12.2. The number of carbonyl (C=O) groups excluding carboxylic acids is 1. The van der Waals surface area contributed by atoms with Gasteiger partial charge < -0.3 is 10.4 Å². The van der Waals surface area contributed by atoms with Gasteiger partial charge in [0.05, 0.1) is 6.54 Å². The summed E-state index contributed by atoms with van der Waals surface area (Å²) < 4.78 is 1.82. The first kappa shape index (κ1) is 13.8. The van der Waals surface area contributed by atoms with Crippen LogP contribution >= 0.6 is 0 Å². The zero-order chi connectivity index (χ0) is 14.7. The van der Waals surface area contributed by atoms with E-state index in [4.69, 9.17) is 0 Å². The minimum atomic E-state index is -1.20. The van der Waals surface area contributed by atoms with E-state index in [1.165, 1.54) is 0 Å². The largest absolute Gasteiger partial charge is 0.380 e. The number of amides is 1. The third-order valence-corrected chi connectivity index (χ3v) is 3.94. The summed E-state index contributed by atoms with van der Waals surface area (Å²) in [7, 11) is 0. The van der Waals surface area contributed by atoms with Crippen LogP contribution in [-0.2, 0) is 11.3 Å². The molecule has 1 aliphatic rings. The quantitative estimate of drug-likeness (QED) is 0.904. The molecule has 5 heteroatoms. The van der Waals surface area contributed by atoms with Crippen LogP contribution in [0.15, 0.2) is 42.7 Å². The highest BCUT2D eigenvalue weighted by Crippen LogP contribution is 2.30. The maximum atomic E-state index is 12.2. The van der Waals surface area contributed by atoms with Gasteiger partial charge in [-0.1, -0.05) is 12.1 Å². The van der Waals surface area contributed by atoms with Crippen molar-refractivity contribution >= 4 is 11.6 Å². The van der Waals surface area contributed by atoms with Gasteiger partial charge in [-0.05, 0) is 49.4 Å². The van der Waals surface area contributed by atoms with Crippen LogP contribution in [0, 0.1) is 0 Å². The minimum absolute atomic E-state index is 0.295. The van der Waals surface area contributed by atoms with E-state index in [1.807, 2.05) is 41.2 Å². The zero-order valence-electron chi connectivity index (χ0n) is 11.8. The molecule has 110 valence electrons. The average Bonchev–Trinajstić information content (AvgIpc) is 3.12. The lowest BCUT2D eigenvalue weighted by Crippen LogP contribution is -2.40. The summed E-state index contributed by atoms with van der Waals surface area (Å²) in [5, 5.41) is 17.3. The molecular formula is C16H19N3O2. The Morgan fingerprint density at radius 2 is 2.14 bits per heavy atom. The molecule has 0 aliphatic heterocycles. The van der Waals surface area contributed by atoms with E-state index in [2.05, 4.69) is 10.4 Å². The van der Waals surface area contributed by atoms with Crippen LogP contribution in [0.4, 0.5) is 5.69 Å². The number of hydrogen-bond donors (Lipinski definition) is 2. The van der Waals surface area contributed by atoms with Gasteiger partial charge in [-0.2, -0.15) is 5.10 Å². The first-order valence-corrected chi connectivity index (χ1v) is 7.26. The van der Waals surface area contributed by atoms with Crippen molar-refractivity contribution in [2.45, 2.75) is 37.8 Å². The van der Waals surface area contributed by atoms with Crippen molar-refractivity contribution in [2.75, 3.05) is 5.32 Å². The molecule has 0 bridgehead atoms. The number of hydrogen-bond acceptors (Lipinski definition) is 3. The number of nitrogens with one attached hydrogen (secondary N) is 1. The van der Waals surface area contributed by atoms with Crippen LogP contribution in [0.2, 0.25) is 0 Å². The first-order valence-electron chi connectivity index (χ1n) is 7.26. The summed E-state index contributed by atoms with van der Waals surface area (Å²) in [4.78, 5) is 12.2. The molecule has 0 atom stereocenters. The molecule has 3 rings (SSSR count). The Labute approximate surface area is 123 Å². The fourth-order valence-corrected chi connectivity index (χ4v) is 2.76. The second-order valence-corrected chi connectivity index (χ2v) is 5.60. The summed E-state index contributed by atoms with van der Waals surface area (Å²) in [6.45, 7) is 0.654. The topological polar surface area (TPSA) is 67.2 Å². The summed E-state index contributed by atoms with van der Waals surface area (Å²) in [6.07, 6.45) is 6.54. The van der Waals surface area contributed by atoms with Crippen LogP contribution in [0.5, 0.6) is 0 Å². The van der Waals surface area contributed by atoms with Gasteiger partial charge in [-0.25, -0.2) is 0 Å². The van der Waals surface area contributed by atoms with Crippen molar-refractivity contribution < 1.29 is 9.90 Å². The van der Waals surface area contributed by atoms with Crippen molar-refractivity contribution in [3.8, 4) is 0 Å². The van der Waals surface area contributed by atoms with E-state index >= 15 is 0 Å². The Kier molecular flexibility index (Phi) is 3.75. The van der Waals surface area contributed by atoms with Crippen molar-refractivity contribution in [1.82, 2.24) is 9.78 Å². The van der Waals surface area contributed by atoms with Gasteiger partial charge in [0.25, 0.3) is 5.91 Å². The molecule has 2 N–H and O–H groups in total. The molecule has 1 saturated carbocycles. The van der Waals surface area contributed by atoms with Crippen LogP contribution in [0.25, 0.3) is 0 Å². The fraction of sp³-hybridized carbons (Fsp3) is 0.375. The summed E-state index contributed by atoms with van der Waals surface area (Å²) in [5.74, 6) is -0.295. The molecule has 1 aromatic heterocycles. The predicted molar refractivity (Wildman–Crippen MR) is 79.8 cm³/mol. The van der Waals surface area contributed by atoms with Crippen LogP contribution in [0.1, 0.15) is 31.2 Å². The Morgan fingerprint density at radius 3 is 2.86 bits per heavy atom. The van der Waals surface area contributed by atoms with Gasteiger partial charge in [-0.15, -0.1) is 0 Å². The smallest absolute Gasteiger partial charge is 0.256 e. The Hall–Kier alpha value is -2.14. The molecule has 1 aromatic carbocycles. The van der Waals surface area contributed by atoms with Crippen molar-refractivity contribution in [3.63, 3.8) is 0 Å². The SMILES string of the molecule is O=C(Nc1cccc(Cn2cccn2)c1)C1(O)CCCC1. The van der Waals surface area contributed by atoms with Crippen molar-refractivity contribution in [1.29, 1.82) is 0 Å². The molecule has 1 amide bonds. The Morgan fingerprint density at radius 1 is 1.33 bits per heavy atom. The van der Waals surface area contributed by atoms with E-state index in [0.29, 0.717) is 25.1 Å². The molecule has 0 unspecified atom stereocenters. The number of aromatic nitrogens is 2. The second kappa shape index (κ2) is 5.69. The molecule has 21 heavy (non-hydrogen) atoms. The van der Waals surface area contributed by atoms with Crippen LogP contribution < -0.4 is 5.32 Å². The summed E-state index contributed by atoms with van der Waals surface area (Å²) in [5.41, 5.74) is 0.567. The molecular weight excluding hydrogens is 266 g/mol. The average molecular weight is 285 g/mol. The fourth-order valence-electron chi connectivity index (χ4n) is 2.76. The van der Waals surface area contributed by atoms with Gasteiger partial charge in [0, 0.05) is 18.1 Å².